The van der Waals surface area contributed by atoms with Crippen LogP contribution in [0.4, 0.5) is 0 Å². The van der Waals surface area contributed by atoms with E-state index < -0.39 is 0 Å². The van der Waals surface area contributed by atoms with Crippen LogP contribution in [0.5, 0.6) is 0 Å². The highest BCUT2D eigenvalue weighted by Gasteiger charge is 2.17. The maximum absolute atomic E-state index is 3.85. The van der Waals surface area contributed by atoms with Crippen molar-refractivity contribution in [2.75, 3.05) is 0 Å². The summed E-state index contributed by atoms with van der Waals surface area (Å²) in [5, 5.41) is 0. The van der Waals surface area contributed by atoms with Gasteiger partial charge in [0.15, 0.2) is 0 Å². The van der Waals surface area contributed by atoms with Gasteiger partial charge in [-0.25, -0.2) is 0 Å². The number of hydrogen-bond acceptors (Lipinski definition) is 1. The Bertz CT molecular complexity index is 540. The zero-order chi connectivity index (χ0) is 12.6. The van der Waals surface area contributed by atoms with Gasteiger partial charge in [0, 0.05) is 9.75 Å². The second-order valence-corrected chi connectivity index (χ2v) is 6.76. The van der Waals surface area contributed by atoms with Crippen LogP contribution in [-0.2, 0) is 0 Å². The summed E-state index contributed by atoms with van der Waals surface area (Å²) in [6.45, 7) is 8.74. The Balaban J connectivity index is 2.47. The minimum Gasteiger partial charge on any atom is -0.144 e. The molecule has 0 saturated heterocycles. The highest BCUT2D eigenvalue weighted by atomic mass is 79.9. The Kier molecular flexibility index (Phi) is 3.74. The SMILES string of the molecule is Cc1cc(C)c(C(Br)c2cccc(C)c2C)s1. The molecule has 0 N–H and O–H groups in total. The molecule has 0 aliphatic rings. The van der Waals surface area contributed by atoms with Crippen molar-refractivity contribution in [1.82, 2.24) is 0 Å². The van der Waals surface area contributed by atoms with E-state index in [2.05, 4.69) is 67.9 Å². The van der Waals surface area contributed by atoms with Crippen molar-refractivity contribution in [2.24, 2.45) is 0 Å². The largest absolute Gasteiger partial charge is 0.144 e. The van der Waals surface area contributed by atoms with Crippen LogP contribution in [0.2, 0.25) is 0 Å². The first-order chi connectivity index (χ1) is 8.00. The molecule has 1 aromatic heterocycles. The van der Waals surface area contributed by atoms with Crippen LogP contribution < -0.4 is 0 Å². The molecule has 90 valence electrons. The summed E-state index contributed by atoms with van der Waals surface area (Å²) in [4.78, 5) is 3.13. The van der Waals surface area contributed by atoms with Crippen molar-refractivity contribution in [3.8, 4) is 0 Å². The van der Waals surface area contributed by atoms with Gasteiger partial charge in [-0.3, -0.25) is 0 Å². The predicted molar refractivity (Wildman–Crippen MR) is 80.5 cm³/mol. The van der Waals surface area contributed by atoms with Crippen LogP contribution in [-0.4, -0.2) is 0 Å². The fraction of sp³-hybridized carbons (Fsp3) is 0.333. The van der Waals surface area contributed by atoms with Gasteiger partial charge in [-0.2, -0.15) is 0 Å². The molecule has 0 aliphatic heterocycles. The molecule has 0 fully saturated rings. The first kappa shape index (κ1) is 12.8. The fourth-order valence-corrected chi connectivity index (χ4v) is 4.27. The summed E-state index contributed by atoms with van der Waals surface area (Å²) < 4.78 is 0. The van der Waals surface area contributed by atoms with Crippen LogP contribution in [0.1, 0.15) is 36.8 Å². The van der Waals surface area contributed by atoms with Gasteiger partial charge in [-0.05, 0) is 56.0 Å². The number of aryl methyl sites for hydroxylation is 3. The third kappa shape index (κ3) is 2.48. The molecule has 0 spiro atoms. The third-order valence-electron chi connectivity index (χ3n) is 3.23. The summed E-state index contributed by atoms with van der Waals surface area (Å²) in [5.41, 5.74) is 5.52. The Morgan fingerprint density at radius 2 is 1.76 bits per heavy atom. The van der Waals surface area contributed by atoms with Crippen LogP contribution in [0.3, 0.4) is 0 Å². The Labute approximate surface area is 116 Å². The van der Waals surface area contributed by atoms with Crippen molar-refractivity contribution < 1.29 is 0 Å². The second-order valence-electron chi connectivity index (χ2n) is 4.56. The Morgan fingerprint density at radius 1 is 1.06 bits per heavy atom. The van der Waals surface area contributed by atoms with Crippen molar-refractivity contribution >= 4 is 27.3 Å². The van der Waals surface area contributed by atoms with Gasteiger partial charge in [-0.1, -0.05) is 34.1 Å². The predicted octanol–water partition coefficient (Wildman–Crippen LogP) is 5.47. The zero-order valence-electron chi connectivity index (χ0n) is 10.7. The summed E-state index contributed by atoms with van der Waals surface area (Å²) in [5.74, 6) is 0. The molecule has 2 rings (SSSR count). The summed E-state index contributed by atoms with van der Waals surface area (Å²) >= 11 is 5.74. The lowest BCUT2D eigenvalue weighted by molar-refractivity contribution is 1.14. The first-order valence-corrected chi connectivity index (χ1v) is 7.51. The normalized spacial score (nSPS) is 12.8. The minimum absolute atomic E-state index is 0.320. The lowest BCUT2D eigenvalue weighted by atomic mass is 9.99. The monoisotopic (exact) mass is 308 g/mol. The minimum atomic E-state index is 0.320. The summed E-state index contributed by atoms with van der Waals surface area (Å²) in [6, 6.07) is 8.79. The smallest absolute Gasteiger partial charge is 0.0743 e. The van der Waals surface area contributed by atoms with Gasteiger partial charge in [-0.15, -0.1) is 11.3 Å². The highest BCUT2D eigenvalue weighted by Crippen LogP contribution is 2.39. The molecule has 1 heterocycles. The van der Waals surface area contributed by atoms with Crippen molar-refractivity contribution in [3.05, 3.63) is 56.3 Å². The molecule has 1 atom stereocenters. The molecule has 0 nitrogen and oxygen atoms in total. The maximum atomic E-state index is 3.85. The van der Waals surface area contributed by atoms with Gasteiger partial charge < -0.3 is 0 Å². The number of halogens is 1. The standard InChI is InChI=1S/C15H17BrS/c1-9-6-5-7-13(12(9)4)14(16)15-10(2)8-11(3)17-15/h5-8,14H,1-4H3. The molecule has 0 amide bonds. The molecular weight excluding hydrogens is 292 g/mol. The molecule has 0 saturated carbocycles. The van der Waals surface area contributed by atoms with Crippen LogP contribution in [0.25, 0.3) is 0 Å². The molecule has 1 unspecified atom stereocenters. The van der Waals surface area contributed by atoms with E-state index >= 15 is 0 Å². The highest BCUT2D eigenvalue weighted by molar-refractivity contribution is 9.09. The average molecular weight is 309 g/mol. The number of benzene rings is 1. The summed E-state index contributed by atoms with van der Waals surface area (Å²) in [6.07, 6.45) is 0. The van der Waals surface area contributed by atoms with Gasteiger partial charge in [0.05, 0.1) is 4.83 Å². The zero-order valence-corrected chi connectivity index (χ0v) is 13.1. The Morgan fingerprint density at radius 3 is 2.35 bits per heavy atom. The van der Waals surface area contributed by atoms with E-state index in [1.807, 2.05) is 11.3 Å². The van der Waals surface area contributed by atoms with Crippen LogP contribution in [0.15, 0.2) is 24.3 Å². The summed E-state index contributed by atoms with van der Waals surface area (Å²) in [7, 11) is 0. The molecule has 17 heavy (non-hydrogen) atoms. The second kappa shape index (κ2) is 4.95. The van der Waals surface area contributed by atoms with Crippen LogP contribution >= 0.6 is 27.3 Å². The lowest BCUT2D eigenvalue weighted by Gasteiger charge is -2.14. The molecule has 0 aliphatic carbocycles. The van der Waals surface area contributed by atoms with Crippen LogP contribution in [0, 0.1) is 27.7 Å². The van der Waals surface area contributed by atoms with Gasteiger partial charge >= 0.3 is 0 Å². The van der Waals surface area contributed by atoms with Crippen molar-refractivity contribution in [1.29, 1.82) is 0 Å². The average Bonchev–Trinajstić information content (AvgIpc) is 2.61. The quantitative estimate of drug-likeness (QED) is 0.646. The number of alkyl halides is 1. The Hall–Kier alpha value is -0.600. The van der Waals surface area contributed by atoms with E-state index in [1.165, 1.54) is 32.0 Å². The number of rotatable bonds is 2. The van der Waals surface area contributed by atoms with E-state index in [-0.39, 0.29) is 0 Å². The third-order valence-corrected chi connectivity index (χ3v) is 5.70. The van der Waals surface area contributed by atoms with E-state index in [0.29, 0.717) is 4.83 Å². The maximum Gasteiger partial charge on any atom is 0.0743 e. The van der Waals surface area contributed by atoms with Crippen molar-refractivity contribution in [2.45, 2.75) is 32.5 Å². The fourth-order valence-electron chi connectivity index (χ4n) is 2.10. The van der Waals surface area contributed by atoms with E-state index in [0.717, 1.165) is 0 Å². The lowest BCUT2D eigenvalue weighted by Crippen LogP contribution is -1.96. The molecule has 2 heteroatoms. The number of hydrogen-bond donors (Lipinski definition) is 0. The topological polar surface area (TPSA) is 0 Å². The van der Waals surface area contributed by atoms with Crippen molar-refractivity contribution in [3.63, 3.8) is 0 Å². The van der Waals surface area contributed by atoms with E-state index in [1.54, 1.807) is 0 Å². The molecule has 0 radical (unpaired) electrons. The molecule has 2 aromatic rings. The van der Waals surface area contributed by atoms with Gasteiger partial charge in [0.25, 0.3) is 0 Å². The first-order valence-electron chi connectivity index (χ1n) is 5.78. The molecular formula is C15H17BrS. The van der Waals surface area contributed by atoms with Gasteiger partial charge in [0.2, 0.25) is 0 Å². The van der Waals surface area contributed by atoms with E-state index in [9.17, 15) is 0 Å². The van der Waals surface area contributed by atoms with Gasteiger partial charge in [0.1, 0.15) is 0 Å². The van der Waals surface area contributed by atoms with E-state index in [4.69, 9.17) is 0 Å². The molecule has 1 aromatic carbocycles. The molecule has 0 bridgehead atoms. The number of thiophene rings is 1.